The van der Waals surface area contributed by atoms with E-state index in [-0.39, 0.29) is 5.82 Å². The van der Waals surface area contributed by atoms with E-state index in [0.717, 1.165) is 30.7 Å². The Labute approximate surface area is 134 Å². The lowest BCUT2D eigenvalue weighted by Gasteiger charge is -2.10. The molecular weight excluding hydrogens is 295 g/mol. The summed E-state index contributed by atoms with van der Waals surface area (Å²) in [4.78, 5) is 10.7. The molecule has 0 saturated heterocycles. The second-order valence-corrected chi connectivity index (χ2v) is 5.55. The Hall–Kier alpha value is -2.54. The first-order chi connectivity index (χ1) is 11.2. The maximum absolute atomic E-state index is 14.0. The predicted octanol–water partition coefficient (Wildman–Crippen LogP) is 2.32. The van der Waals surface area contributed by atoms with Crippen molar-refractivity contribution in [2.45, 2.75) is 6.42 Å². The van der Waals surface area contributed by atoms with Gasteiger partial charge in [-0.05, 0) is 39.2 Å². The summed E-state index contributed by atoms with van der Waals surface area (Å²) in [5.74, 6) is 0.382. The Kier molecular flexibility index (Phi) is 4.47. The van der Waals surface area contributed by atoms with Gasteiger partial charge in [0.15, 0.2) is 5.65 Å². The predicted molar refractivity (Wildman–Crippen MR) is 88.3 cm³/mol. The average Bonchev–Trinajstić information content (AvgIpc) is 2.96. The fraction of sp³-hybridized carbons (Fsp3) is 0.312. The van der Waals surface area contributed by atoms with Crippen molar-refractivity contribution in [3.05, 3.63) is 42.6 Å². The van der Waals surface area contributed by atoms with E-state index in [9.17, 15) is 4.39 Å². The summed E-state index contributed by atoms with van der Waals surface area (Å²) >= 11 is 0. The van der Waals surface area contributed by atoms with Crippen LogP contribution >= 0.6 is 0 Å². The van der Waals surface area contributed by atoms with E-state index in [1.807, 2.05) is 14.1 Å². The molecule has 1 N–H and O–H groups in total. The Morgan fingerprint density at radius 2 is 2.04 bits per heavy atom. The standard InChI is InChI=1S/C16H19FN6/c1-22(2)9-5-8-18-15-12-10-21-23(16(12)20-11-19-15)14-7-4-3-6-13(14)17/h3-4,6-7,10-11H,5,8-9H2,1-2H3,(H,18,19,20). The third kappa shape index (κ3) is 3.29. The zero-order valence-electron chi connectivity index (χ0n) is 13.2. The second-order valence-electron chi connectivity index (χ2n) is 5.55. The largest absolute Gasteiger partial charge is 0.369 e. The van der Waals surface area contributed by atoms with Gasteiger partial charge in [-0.15, -0.1) is 0 Å². The van der Waals surface area contributed by atoms with E-state index in [4.69, 9.17) is 0 Å². The summed E-state index contributed by atoms with van der Waals surface area (Å²) in [6.45, 7) is 1.80. The van der Waals surface area contributed by atoms with E-state index in [1.165, 1.54) is 17.1 Å². The van der Waals surface area contributed by atoms with Crippen LogP contribution in [0.15, 0.2) is 36.8 Å². The number of nitrogens with zero attached hydrogens (tertiary/aromatic N) is 5. The highest BCUT2D eigenvalue weighted by atomic mass is 19.1. The molecule has 120 valence electrons. The smallest absolute Gasteiger partial charge is 0.168 e. The summed E-state index contributed by atoms with van der Waals surface area (Å²) in [6, 6.07) is 6.50. The van der Waals surface area contributed by atoms with Gasteiger partial charge in [-0.1, -0.05) is 12.1 Å². The minimum atomic E-state index is -0.336. The molecule has 0 unspecified atom stereocenters. The SMILES string of the molecule is CN(C)CCCNc1ncnc2c1cnn2-c1ccccc1F. The summed E-state index contributed by atoms with van der Waals surface area (Å²) in [6.07, 6.45) is 4.13. The van der Waals surface area contributed by atoms with Gasteiger partial charge in [0.05, 0.1) is 11.6 Å². The molecule has 3 rings (SSSR count). The molecule has 0 spiro atoms. The van der Waals surface area contributed by atoms with Gasteiger partial charge in [0.25, 0.3) is 0 Å². The molecule has 1 aromatic carbocycles. The quantitative estimate of drug-likeness (QED) is 0.708. The van der Waals surface area contributed by atoms with Gasteiger partial charge in [-0.3, -0.25) is 0 Å². The van der Waals surface area contributed by atoms with E-state index >= 15 is 0 Å². The van der Waals surface area contributed by atoms with Gasteiger partial charge in [-0.2, -0.15) is 5.10 Å². The molecule has 3 aromatic rings. The van der Waals surface area contributed by atoms with Gasteiger partial charge in [0.2, 0.25) is 0 Å². The molecule has 7 heteroatoms. The molecule has 0 saturated carbocycles. The number of para-hydroxylation sites is 1. The van der Waals surface area contributed by atoms with Gasteiger partial charge >= 0.3 is 0 Å². The fourth-order valence-corrected chi connectivity index (χ4v) is 2.39. The van der Waals surface area contributed by atoms with Crippen molar-refractivity contribution >= 4 is 16.9 Å². The molecule has 2 heterocycles. The number of anilines is 1. The molecule has 0 aliphatic rings. The van der Waals surface area contributed by atoms with E-state index in [1.54, 1.807) is 24.4 Å². The monoisotopic (exact) mass is 314 g/mol. The van der Waals surface area contributed by atoms with Crippen molar-refractivity contribution < 1.29 is 4.39 Å². The number of aromatic nitrogens is 4. The zero-order valence-corrected chi connectivity index (χ0v) is 13.2. The number of rotatable bonds is 6. The minimum absolute atomic E-state index is 0.336. The molecule has 0 amide bonds. The summed E-state index contributed by atoms with van der Waals surface area (Å²) in [7, 11) is 4.09. The highest BCUT2D eigenvalue weighted by Gasteiger charge is 2.13. The molecule has 0 bridgehead atoms. The van der Waals surface area contributed by atoms with Gasteiger partial charge < -0.3 is 10.2 Å². The normalized spacial score (nSPS) is 11.3. The zero-order chi connectivity index (χ0) is 16.2. The lowest BCUT2D eigenvalue weighted by Crippen LogP contribution is -2.16. The van der Waals surface area contributed by atoms with Crippen molar-refractivity contribution in [3.8, 4) is 5.69 Å². The van der Waals surface area contributed by atoms with E-state index in [2.05, 4.69) is 25.3 Å². The number of benzene rings is 1. The Morgan fingerprint density at radius 1 is 1.22 bits per heavy atom. The van der Waals surface area contributed by atoms with Crippen LogP contribution in [0.1, 0.15) is 6.42 Å². The van der Waals surface area contributed by atoms with Crippen LogP contribution in [0, 0.1) is 5.82 Å². The molecule has 0 aliphatic heterocycles. The van der Waals surface area contributed by atoms with Crippen LogP contribution in [0.3, 0.4) is 0 Å². The van der Waals surface area contributed by atoms with Crippen LogP contribution in [0.4, 0.5) is 10.2 Å². The average molecular weight is 314 g/mol. The van der Waals surface area contributed by atoms with Crippen LogP contribution < -0.4 is 5.32 Å². The third-order valence-corrected chi connectivity index (χ3v) is 3.52. The Bertz CT molecular complexity index is 798. The number of hydrogen-bond donors (Lipinski definition) is 1. The van der Waals surface area contributed by atoms with Gasteiger partial charge in [-0.25, -0.2) is 19.0 Å². The molecule has 0 radical (unpaired) electrons. The van der Waals surface area contributed by atoms with Crippen molar-refractivity contribution in [1.29, 1.82) is 0 Å². The first kappa shape index (κ1) is 15.4. The third-order valence-electron chi connectivity index (χ3n) is 3.52. The molecule has 0 aliphatic carbocycles. The number of nitrogens with one attached hydrogen (secondary N) is 1. The Balaban J connectivity index is 1.87. The van der Waals surface area contributed by atoms with Gasteiger partial charge in [0, 0.05) is 6.54 Å². The van der Waals surface area contributed by atoms with Crippen molar-refractivity contribution in [1.82, 2.24) is 24.6 Å². The fourth-order valence-electron chi connectivity index (χ4n) is 2.39. The second kappa shape index (κ2) is 6.70. The van der Waals surface area contributed by atoms with Crippen molar-refractivity contribution in [2.75, 3.05) is 32.5 Å². The minimum Gasteiger partial charge on any atom is -0.369 e. The van der Waals surface area contributed by atoms with Crippen LogP contribution in [0.25, 0.3) is 16.7 Å². The highest BCUT2D eigenvalue weighted by molar-refractivity contribution is 5.87. The van der Waals surface area contributed by atoms with Crippen LogP contribution in [-0.2, 0) is 0 Å². The molecule has 0 fully saturated rings. The highest BCUT2D eigenvalue weighted by Crippen LogP contribution is 2.22. The maximum Gasteiger partial charge on any atom is 0.168 e. The summed E-state index contributed by atoms with van der Waals surface area (Å²) < 4.78 is 15.5. The maximum atomic E-state index is 14.0. The van der Waals surface area contributed by atoms with Crippen LogP contribution in [0.2, 0.25) is 0 Å². The summed E-state index contributed by atoms with van der Waals surface area (Å²) in [5.41, 5.74) is 0.958. The molecule has 23 heavy (non-hydrogen) atoms. The van der Waals surface area contributed by atoms with E-state index < -0.39 is 0 Å². The summed E-state index contributed by atoms with van der Waals surface area (Å²) in [5, 5.41) is 8.35. The van der Waals surface area contributed by atoms with Crippen LogP contribution in [0.5, 0.6) is 0 Å². The lowest BCUT2D eigenvalue weighted by molar-refractivity contribution is 0.405. The molecule has 2 aromatic heterocycles. The van der Waals surface area contributed by atoms with Crippen molar-refractivity contribution in [3.63, 3.8) is 0 Å². The first-order valence-electron chi connectivity index (χ1n) is 7.49. The topological polar surface area (TPSA) is 58.9 Å². The van der Waals surface area contributed by atoms with E-state index in [0.29, 0.717) is 11.3 Å². The molecular formula is C16H19FN6. The first-order valence-corrected chi connectivity index (χ1v) is 7.49. The van der Waals surface area contributed by atoms with Crippen LogP contribution in [-0.4, -0.2) is 51.8 Å². The molecule has 6 nitrogen and oxygen atoms in total. The lowest BCUT2D eigenvalue weighted by atomic mass is 10.3. The molecule has 0 atom stereocenters. The van der Waals surface area contributed by atoms with Crippen molar-refractivity contribution in [2.24, 2.45) is 0 Å². The van der Waals surface area contributed by atoms with Gasteiger partial charge in [0.1, 0.15) is 23.6 Å². The number of fused-ring (bicyclic) bond motifs is 1. The number of halogens is 1. The Morgan fingerprint density at radius 3 is 2.83 bits per heavy atom. The number of hydrogen-bond acceptors (Lipinski definition) is 5.